The van der Waals surface area contributed by atoms with Crippen LogP contribution in [0.1, 0.15) is 50.5 Å². The Morgan fingerprint density at radius 1 is 1.20 bits per heavy atom. The third-order valence-electron chi connectivity index (χ3n) is 4.01. The predicted octanol–water partition coefficient (Wildman–Crippen LogP) is 3.58. The summed E-state index contributed by atoms with van der Waals surface area (Å²) in [6.45, 7) is 0.138. The number of carbonyl (C=O) groups is 1. The average Bonchev–Trinajstić information content (AvgIpc) is 2.40. The van der Waals surface area contributed by atoms with Crippen LogP contribution in [0.5, 0.6) is 0 Å². The van der Waals surface area contributed by atoms with Crippen LogP contribution in [-0.4, -0.2) is 5.91 Å². The van der Waals surface area contributed by atoms with E-state index < -0.39 is 0 Å². The number of carbonyl (C=O) groups excluding carboxylic acids is 1. The number of hydrogen-bond acceptors (Lipinski definition) is 2. The third-order valence-corrected chi connectivity index (χ3v) is 4.01. The lowest BCUT2D eigenvalue weighted by Gasteiger charge is -2.19. The van der Waals surface area contributed by atoms with Gasteiger partial charge in [-0.3, -0.25) is 4.79 Å². The van der Waals surface area contributed by atoms with Crippen molar-refractivity contribution in [3.05, 3.63) is 29.6 Å². The van der Waals surface area contributed by atoms with Crippen molar-refractivity contribution >= 4 is 11.6 Å². The van der Waals surface area contributed by atoms with Crippen LogP contribution >= 0.6 is 0 Å². The number of hydrogen-bond donors (Lipinski definition) is 2. The number of nitrogens with two attached hydrogens (primary N) is 1. The smallest absolute Gasteiger partial charge is 0.227 e. The molecule has 110 valence electrons. The third kappa shape index (κ3) is 4.04. The van der Waals surface area contributed by atoms with Crippen molar-refractivity contribution in [1.82, 2.24) is 0 Å². The first-order valence-corrected chi connectivity index (χ1v) is 7.50. The summed E-state index contributed by atoms with van der Waals surface area (Å²) in [4.78, 5) is 12.3. The summed E-state index contributed by atoms with van der Waals surface area (Å²) in [7, 11) is 0. The summed E-state index contributed by atoms with van der Waals surface area (Å²) in [5.41, 5.74) is 6.55. The molecule has 1 aromatic carbocycles. The van der Waals surface area contributed by atoms with Gasteiger partial charge in [0.05, 0.1) is 0 Å². The van der Waals surface area contributed by atoms with Gasteiger partial charge in [-0.2, -0.15) is 0 Å². The van der Waals surface area contributed by atoms with Gasteiger partial charge >= 0.3 is 0 Å². The van der Waals surface area contributed by atoms with Gasteiger partial charge in [-0.1, -0.05) is 32.1 Å². The quantitative estimate of drug-likeness (QED) is 0.887. The van der Waals surface area contributed by atoms with Crippen LogP contribution in [0.3, 0.4) is 0 Å². The summed E-state index contributed by atoms with van der Waals surface area (Å²) in [6, 6.07) is 4.57. The molecule has 1 amide bonds. The largest absolute Gasteiger partial charge is 0.326 e. The van der Waals surface area contributed by atoms with Crippen LogP contribution in [-0.2, 0) is 11.3 Å². The maximum absolute atomic E-state index is 13.4. The molecule has 1 aliphatic rings. The van der Waals surface area contributed by atoms with Gasteiger partial charge in [-0.25, -0.2) is 4.39 Å². The molecule has 2 rings (SSSR count). The van der Waals surface area contributed by atoms with Gasteiger partial charge < -0.3 is 11.1 Å². The summed E-state index contributed by atoms with van der Waals surface area (Å²) < 4.78 is 13.4. The Labute approximate surface area is 119 Å². The van der Waals surface area contributed by atoms with E-state index in [0.29, 0.717) is 11.3 Å². The maximum atomic E-state index is 13.4. The van der Waals surface area contributed by atoms with Crippen LogP contribution in [0.15, 0.2) is 18.2 Å². The molecule has 3 N–H and O–H groups in total. The summed E-state index contributed by atoms with van der Waals surface area (Å²) in [5.74, 6) is -0.181. The number of benzene rings is 1. The van der Waals surface area contributed by atoms with E-state index in [1.165, 1.54) is 25.3 Å². The van der Waals surface area contributed by atoms with Crippen molar-refractivity contribution < 1.29 is 9.18 Å². The standard InChI is InChI=1S/C16H23FN2O/c17-15-9-8-14(10-13(15)11-18)19-16(20)12-6-4-2-1-3-5-7-12/h8-10,12H,1-7,11,18H2,(H,19,20). The van der Waals surface area contributed by atoms with E-state index in [0.717, 1.165) is 25.7 Å². The van der Waals surface area contributed by atoms with Gasteiger partial charge in [0, 0.05) is 23.7 Å². The molecule has 3 nitrogen and oxygen atoms in total. The molecular weight excluding hydrogens is 255 g/mol. The molecule has 0 spiro atoms. The molecule has 1 fully saturated rings. The highest BCUT2D eigenvalue weighted by Gasteiger charge is 2.19. The molecule has 20 heavy (non-hydrogen) atoms. The lowest BCUT2D eigenvalue weighted by atomic mass is 9.90. The van der Waals surface area contributed by atoms with E-state index in [2.05, 4.69) is 5.32 Å². The Balaban J connectivity index is 1.99. The zero-order chi connectivity index (χ0) is 14.4. The van der Waals surface area contributed by atoms with Crippen molar-refractivity contribution in [3.8, 4) is 0 Å². The average molecular weight is 278 g/mol. The molecule has 0 heterocycles. The van der Waals surface area contributed by atoms with E-state index >= 15 is 0 Å². The SMILES string of the molecule is NCc1cc(NC(=O)C2CCCCCCC2)ccc1F. The lowest BCUT2D eigenvalue weighted by molar-refractivity contribution is -0.120. The van der Waals surface area contributed by atoms with Crippen molar-refractivity contribution in [2.75, 3.05) is 5.32 Å². The zero-order valence-corrected chi connectivity index (χ0v) is 11.8. The number of rotatable bonds is 3. The fourth-order valence-electron chi connectivity index (χ4n) is 2.77. The Morgan fingerprint density at radius 2 is 1.85 bits per heavy atom. The molecule has 0 saturated heterocycles. The first kappa shape index (κ1) is 15.0. The normalized spacial score (nSPS) is 17.3. The Kier molecular flexibility index (Phi) is 5.53. The minimum Gasteiger partial charge on any atom is -0.326 e. The molecule has 0 aromatic heterocycles. The van der Waals surface area contributed by atoms with Gasteiger partial charge in [-0.05, 0) is 31.0 Å². The molecular formula is C16H23FN2O. The first-order valence-electron chi connectivity index (χ1n) is 7.50. The highest BCUT2D eigenvalue weighted by atomic mass is 19.1. The molecule has 1 saturated carbocycles. The van der Waals surface area contributed by atoms with Crippen LogP contribution in [0.4, 0.5) is 10.1 Å². The maximum Gasteiger partial charge on any atom is 0.227 e. The molecule has 1 aliphatic carbocycles. The van der Waals surface area contributed by atoms with E-state index in [-0.39, 0.29) is 24.2 Å². The van der Waals surface area contributed by atoms with E-state index in [9.17, 15) is 9.18 Å². The highest BCUT2D eigenvalue weighted by Crippen LogP contribution is 2.24. The molecule has 0 radical (unpaired) electrons. The Morgan fingerprint density at radius 3 is 2.50 bits per heavy atom. The minimum atomic E-state index is -0.323. The van der Waals surface area contributed by atoms with Crippen LogP contribution in [0.2, 0.25) is 0 Å². The topological polar surface area (TPSA) is 55.1 Å². The van der Waals surface area contributed by atoms with Crippen molar-refractivity contribution in [2.24, 2.45) is 11.7 Å². The van der Waals surface area contributed by atoms with Gasteiger partial charge in [0.25, 0.3) is 0 Å². The number of nitrogens with one attached hydrogen (secondary N) is 1. The van der Waals surface area contributed by atoms with E-state index in [1.807, 2.05) is 0 Å². The molecule has 0 unspecified atom stereocenters. The first-order chi connectivity index (χ1) is 9.70. The summed E-state index contributed by atoms with van der Waals surface area (Å²) in [5, 5.41) is 2.90. The Hall–Kier alpha value is -1.42. The predicted molar refractivity (Wildman–Crippen MR) is 78.7 cm³/mol. The van der Waals surface area contributed by atoms with E-state index in [1.54, 1.807) is 12.1 Å². The monoisotopic (exact) mass is 278 g/mol. The molecule has 0 atom stereocenters. The van der Waals surface area contributed by atoms with Crippen molar-refractivity contribution in [2.45, 2.75) is 51.5 Å². The van der Waals surface area contributed by atoms with Gasteiger partial charge in [0.1, 0.15) is 5.82 Å². The second-order valence-electron chi connectivity index (χ2n) is 5.54. The summed E-state index contributed by atoms with van der Waals surface area (Å²) >= 11 is 0. The van der Waals surface area contributed by atoms with Crippen LogP contribution in [0.25, 0.3) is 0 Å². The fourth-order valence-corrected chi connectivity index (χ4v) is 2.77. The van der Waals surface area contributed by atoms with Gasteiger partial charge in [-0.15, -0.1) is 0 Å². The molecule has 0 aliphatic heterocycles. The molecule has 1 aromatic rings. The fraction of sp³-hybridized carbons (Fsp3) is 0.562. The summed E-state index contributed by atoms with van der Waals surface area (Å²) in [6.07, 6.45) is 7.88. The van der Waals surface area contributed by atoms with Crippen molar-refractivity contribution in [3.63, 3.8) is 0 Å². The number of amides is 1. The Bertz CT molecular complexity index is 454. The second-order valence-corrected chi connectivity index (χ2v) is 5.54. The van der Waals surface area contributed by atoms with Crippen molar-refractivity contribution in [1.29, 1.82) is 0 Å². The molecule has 4 heteroatoms. The minimum absolute atomic E-state index is 0.0569. The molecule has 0 bridgehead atoms. The van der Waals surface area contributed by atoms with E-state index in [4.69, 9.17) is 5.73 Å². The number of halogens is 1. The second kappa shape index (κ2) is 7.39. The highest BCUT2D eigenvalue weighted by molar-refractivity contribution is 5.92. The lowest BCUT2D eigenvalue weighted by Crippen LogP contribution is -2.23. The van der Waals surface area contributed by atoms with Gasteiger partial charge in [0.15, 0.2) is 0 Å². The zero-order valence-electron chi connectivity index (χ0n) is 11.8. The van der Waals surface area contributed by atoms with Crippen LogP contribution < -0.4 is 11.1 Å². The van der Waals surface area contributed by atoms with Crippen LogP contribution in [0, 0.1) is 11.7 Å². The number of anilines is 1. The van der Waals surface area contributed by atoms with Gasteiger partial charge in [0.2, 0.25) is 5.91 Å².